The summed E-state index contributed by atoms with van der Waals surface area (Å²) in [6.07, 6.45) is 3.61. The van der Waals surface area contributed by atoms with Gasteiger partial charge in [0, 0.05) is 18.4 Å². The minimum absolute atomic E-state index is 0.0497. The van der Waals surface area contributed by atoms with Crippen molar-refractivity contribution in [2.75, 3.05) is 0 Å². The maximum Gasteiger partial charge on any atom is 0.246 e. The highest BCUT2D eigenvalue weighted by Gasteiger charge is 2.13. The van der Waals surface area contributed by atoms with Gasteiger partial charge in [0.1, 0.15) is 5.78 Å². The maximum absolute atomic E-state index is 11.5. The first-order chi connectivity index (χ1) is 6.99. The van der Waals surface area contributed by atoms with Crippen LogP contribution in [-0.2, 0) is 9.59 Å². The summed E-state index contributed by atoms with van der Waals surface area (Å²) in [7, 11) is 0. The molecule has 0 bridgehead atoms. The predicted molar refractivity (Wildman–Crippen MR) is 67.8 cm³/mol. The molecule has 0 rings (SSSR count). The van der Waals surface area contributed by atoms with Crippen molar-refractivity contribution in [1.29, 1.82) is 0 Å². The molecule has 0 aromatic carbocycles. The summed E-state index contributed by atoms with van der Waals surface area (Å²) < 4.78 is 0.464. The number of Topliss-reactive ketones (excluding diaryl/α,β-unsaturated/α-hetero) is 1. The summed E-state index contributed by atoms with van der Waals surface area (Å²) >= 11 is 6.19. The molecule has 3 nitrogen and oxygen atoms in total. The number of hydrogen-bond acceptors (Lipinski definition) is 2. The summed E-state index contributed by atoms with van der Waals surface area (Å²) in [5.74, 6) is -0.517. The molecule has 0 fully saturated rings. The third kappa shape index (κ3) is 6.84. The SMILES string of the molecule is CCCCCC(=O)CC(C(N)=O)=C(Br)Br. The van der Waals surface area contributed by atoms with Crippen molar-refractivity contribution in [3.05, 3.63) is 8.96 Å². The van der Waals surface area contributed by atoms with Gasteiger partial charge in [0.05, 0.1) is 3.39 Å². The molecule has 0 heterocycles. The molecule has 1 amide bonds. The van der Waals surface area contributed by atoms with Gasteiger partial charge in [-0.3, -0.25) is 9.59 Å². The second kappa shape index (κ2) is 8.05. The Morgan fingerprint density at radius 3 is 2.20 bits per heavy atom. The lowest BCUT2D eigenvalue weighted by molar-refractivity contribution is -0.120. The van der Waals surface area contributed by atoms with E-state index in [0.717, 1.165) is 19.3 Å². The Kier molecular flexibility index (Phi) is 7.96. The van der Waals surface area contributed by atoms with Crippen LogP contribution in [0.1, 0.15) is 39.0 Å². The van der Waals surface area contributed by atoms with Gasteiger partial charge in [-0.2, -0.15) is 0 Å². The Hall–Kier alpha value is -0.160. The maximum atomic E-state index is 11.5. The van der Waals surface area contributed by atoms with Crippen LogP contribution in [0, 0.1) is 0 Å². The van der Waals surface area contributed by atoms with Gasteiger partial charge in [-0.25, -0.2) is 0 Å². The molecule has 0 saturated heterocycles. The Bertz CT molecular complexity index is 271. The van der Waals surface area contributed by atoms with Crippen molar-refractivity contribution in [2.24, 2.45) is 5.73 Å². The van der Waals surface area contributed by atoms with E-state index in [1.807, 2.05) is 0 Å². The van der Waals surface area contributed by atoms with Gasteiger partial charge >= 0.3 is 0 Å². The van der Waals surface area contributed by atoms with Crippen LogP contribution in [0.15, 0.2) is 8.96 Å². The fraction of sp³-hybridized carbons (Fsp3) is 0.600. The van der Waals surface area contributed by atoms with E-state index in [0.29, 0.717) is 15.4 Å². The second-order valence-corrected chi connectivity index (χ2v) is 5.93. The van der Waals surface area contributed by atoms with Crippen LogP contribution in [0.25, 0.3) is 0 Å². The van der Waals surface area contributed by atoms with Gasteiger partial charge < -0.3 is 5.73 Å². The number of hydrogen-bond donors (Lipinski definition) is 1. The third-order valence-electron chi connectivity index (χ3n) is 1.96. The zero-order valence-corrected chi connectivity index (χ0v) is 11.9. The fourth-order valence-corrected chi connectivity index (χ4v) is 1.78. The predicted octanol–water partition coefficient (Wildman–Crippen LogP) is 3.01. The molecule has 0 saturated carbocycles. The quantitative estimate of drug-likeness (QED) is 0.572. The number of nitrogens with two attached hydrogens (primary N) is 1. The number of ketones is 1. The topological polar surface area (TPSA) is 60.2 Å². The van der Waals surface area contributed by atoms with Crippen LogP contribution >= 0.6 is 31.9 Å². The molecular weight excluding hydrogens is 326 g/mol. The molecule has 15 heavy (non-hydrogen) atoms. The highest BCUT2D eigenvalue weighted by atomic mass is 79.9. The highest BCUT2D eigenvalue weighted by molar-refractivity contribution is 9.28. The van der Waals surface area contributed by atoms with E-state index < -0.39 is 5.91 Å². The number of unbranched alkanes of at least 4 members (excludes halogenated alkanes) is 2. The van der Waals surface area contributed by atoms with Gasteiger partial charge in [-0.1, -0.05) is 19.8 Å². The number of carbonyl (C=O) groups excluding carboxylic acids is 2. The van der Waals surface area contributed by atoms with E-state index in [1.54, 1.807) is 0 Å². The molecule has 2 N–H and O–H groups in total. The van der Waals surface area contributed by atoms with Crippen LogP contribution in [0.4, 0.5) is 0 Å². The molecule has 0 spiro atoms. The van der Waals surface area contributed by atoms with Crippen molar-refractivity contribution in [3.63, 3.8) is 0 Å². The molecule has 0 radical (unpaired) electrons. The molecule has 5 heteroatoms. The zero-order chi connectivity index (χ0) is 11.8. The largest absolute Gasteiger partial charge is 0.366 e. The van der Waals surface area contributed by atoms with Gasteiger partial charge in [0.25, 0.3) is 0 Å². The van der Waals surface area contributed by atoms with Gasteiger partial charge in [-0.05, 0) is 38.3 Å². The minimum Gasteiger partial charge on any atom is -0.366 e. The van der Waals surface area contributed by atoms with Crippen molar-refractivity contribution >= 4 is 43.6 Å². The molecule has 0 unspecified atom stereocenters. The molecule has 0 aliphatic rings. The molecule has 0 aliphatic heterocycles. The van der Waals surface area contributed by atoms with Crippen molar-refractivity contribution < 1.29 is 9.59 Å². The number of rotatable bonds is 7. The summed E-state index contributed by atoms with van der Waals surface area (Å²) in [6.45, 7) is 2.08. The molecule has 0 aromatic heterocycles. The summed E-state index contributed by atoms with van der Waals surface area (Å²) in [6, 6.07) is 0. The number of primary amides is 1. The minimum atomic E-state index is -0.567. The molecule has 86 valence electrons. The molecule has 0 atom stereocenters. The summed E-state index contributed by atoms with van der Waals surface area (Å²) in [5.41, 5.74) is 5.43. The van der Waals surface area contributed by atoms with Crippen molar-refractivity contribution in [1.82, 2.24) is 0 Å². The van der Waals surface area contributed by atoms with E-state index in [-0.39, 0.29) is 12.2 Å². The lowest BCUT2D eigenvalue weighted by Gasteiger charge is -2.03. The van der Waals surface area contributed by atoms with Crippen LogP contribution in [0.5, 0.6) is 0 Å². The standard InChI is InChI=1S/C10H15Br2NO2/c1-2-3-4-5-7(14)6-8(9(11)12)10(13)15/h2-6H2,1H3,(H2,13,15). The Balaban J connectivity index is 4.15. The van der Waals surface area contributed by atoms with E-state index in [2.05, 4.69) is 38.8 Å². The number of amides is 1. The Morgan fingerprint density at radius 1 is 1.20 bits per heavy atom. The first-order valence-corrected chi connectivity index (χ1v) is 6.43. The van der Waals surface area contributed by atoms with Crippen LogP contribution in [0.3, 0.4) is 0 Å². The van der Waals surface area contributed by atoms with Gasteiger partial charge in [0.2, 0.25) is 5.91 Å². The average molecular weight is 341 g/mol. The van der Waals surface area contributed by atoms with E-state index in [4.69, 9.17) is 5.73 Å². The van der Waals surface area contributed by atoms with E-state index in [9.17, 15) is 9.59 Å². The van der Waals surface area contributed by atoms with Crippen LogP contribution < -0.4 is 5.73 Å². The van der Waals surface area contributed by atoms with Gasteiger partial charge in [0.15, 0.2) is 0 Å². The Labute approximate surface area is 107 Å². The number of carbonyl (C=O) groups is 2. The number of halogens is 2. The monoisotopic (exact) mass is 339 g/mol. The zero-order valence-electron chi connectivity index (χ0n) is 8.69. The summed E-state index contributed by atoms with van der Waals surface area (Å²) in [5, 5.41) is 0. The highest BCUT2D eigenvalue weighted by Crippen LogP contribution is 2.22. The third-order valence-corrected chi connectivity index (χ3v) is 2.92. The molecule has 0 aromatic rings. The smallest absolute Gasteiger partial charge is 0.246 e. The summed E-state index contributed by atoms with van der Waals surface area (Å²) in [4.78, 5) is 22.4. The van der Waals surface area contributed by atoms with Crippen LogP contribution in [0.2, 0.25) is 0 Å². The fourth-order valence-electron chi connectivity index (χ4n) is 1.10. The normalized spacial score (nSPS) is 9.80. The first-order valence-electron chi connectivity index (χ1n) is 4.84. The molecule has 0 aliphatic carbocycles. The average Bonchev–Trinajstić information content (AvgIpc) is 2.13. The Morgan fingerprint density at radius 2 is 1.80 bits per heavy atom. The van der Waals surface area contributed by atoms with Crippen molar-refractivity contribution in [3.8, 4) is 0 Å². The second-order valence-electron chi connectivity index (χ2n) is 3.28. The van der Waals surface area contributed by atoms with E-state index in [1.165, 1.54) is 0 Å². The lowest BCUT2D eigenvalue weighted by Crippen LogP contribution is -2.17. The van der Waals surface area contributed by atoms with Crippen LogP contribution in [-0.4, -0.2) is 11.7 Å². The lowest BCUT2D eigenvalue weighted by atomic mass is 10.1. The molecular formula is C10H15Br2NO2. The first kappa shape index (κ1) is 14.8. The van der Waals surface area contributed by atoms with Gasteiger partial charge in [-0.15, -0.1) is 0 Å². The van der Waals surface area contributed by atoms with E-state index >= 15 is 0 Å². The van der Waals surface area contributed by atoms with Crippen molar-refractivity contribution in [2.45, 2.75) is 39.0 Å².